The molecule has 0 atom stereocenters. The van der Waals surface area contributed by atoms with Crippen molar-refractivity contribution in [3.05, 3.63) is 47.3 Å². The van der Waals surface area contributed by atoms with Gasteiger partial charge < -0.3 is 10.2 Å². The molecule has 1 saturated heterocycles. The normalized spacial score (nSPS) is 15.8. The van der Waals surface area contributed by atoms with E-state index in [-0.39, 0.29) is 0 Å². The van der Waals surface area contributed by atoms with Crippen LogP contribution in [0.4, 0.5) is 14.5 Å². The molecule has 25 heavy (non-hydrogen) atoms. The second-order valence-electron chi connectivity index (χ2n) is 6.82. The molecule has 0 unspecified atom stereocenters. The lowest BCUT2D eigenvalue weighted by atomic mass is 10.0. The molecule has 0 spiro atoms. The van der Waals surface area contributed by atoms with Crippen LogP contribution in [0.1, 0.15) is 30.7 Å². The summed E-state index contributed by atoms with van der Waals surface area (Å²) in [6.45, 7) is 7.72. The standard InChI is InChI=1S/C19H26F2N4/c1-14-12-15(2)25(23-14)9-3-8-22-16-6-10-24(11-7-16)17-4-5-18(20)19(21)13-17/h4-5,12-13,16,22H,3,6-11H2,1-2H3. The van der Waals surface area contributed by atoms with E-state index in [2.05, 4.69) is 33.0 Å². The highest BCUT2D eigenvalue weighted by Gasteiger charge is 2.19. The van der Waals surface area contributed by atoms with Crippen molar-refractivity contribution in [2.24, 2.45) is 0 Å². The summed E-state index contributed by atoms with van der Waals surface area (Å²) in [5.74, 6) is -1.56. The van der Waals surface area contributed by atoms with Crippen LogP contribution in [0.5, 0.6) is 0 Å². The van der Waals surface area contributed by atoms with Gasteiger partial charge in [-0.3, -0.25) is 4.68 Å². The minimum Gasteiger partial charge on any atom is -0.371 e. The topological polar surface area (TPSA) is 33.1 Å². The van der Waals surface area contributed by atoms with Crippen LogP contribution in [0.25, 0.3) is 0 Å². The zero-order valence-corrected chi connectivity index (χ0v) is 14.9. The maximum Gasteiger partial charge on any atom is 0.160 e. The smallest absolute Gasteiger partial charge is 0.160 e. The van der Waals surface area contributed by atoms with Gasteiger partial charge >= 0.3 is 0 Å². The number of piperidine rings is 1. The lowest BCUT2D eigenvalue weighted by molar-refractivity contribution is 0.403. The zero-order chi connectivity index (χ0) is 17.8. The summed E-state index contributed by atoms with van der Waals surface area (Å²) in [7, 11) is 0. The Bertz CT molecular complexity index is 705. The van der Waals surface area contributed by atoms with Crippen molar-refractivity contribution >= 4 is 5.69 Å². The van der Waals surface area contributed by atoms with Crippen LogP contribution in [0.3, 0.4) is 0 Å². The van der Waals surface area contributed by atoms with Crippen LogP contribution in [0.2, 0.25) is 0 Å². The molecule has 1 aliphatic rings. The van der Waals surface area contributed by atoms with Crippen LogP contribution in [0, 0.1) is 25.5 Å². The lowest BCUT2D eigenvalue weighted by Crippen LogP contribution is -2.43. The van der Waals surface area contributed by atoms with Gasteiger partial charge in [-0.25, -0.2) is 8.78 Å². The van der Waals surface area contributed by atoms with Crippen LogP contribution >= 0.6 is 0 Å². The van der Waals surface area contributed by atoms with Gasteiger partial charge in [0, 0.05) is 43.1 Å². The number of benzene rings is 1. The number of hydrogen-bond donors (Lipinski definition) is 1. The van der Waals surface area contributed by atoms with E-state index in [9.17, 15) is 8.78 Å². The molecule has 0 aliphatic carbocycles. The molecule has 2 heterocycles. The number of halogens is 2. The van der Waals surface area contributed by atoms with Gasteiger partial charge in [0.05, 0.1) is 5.69 Å². The Hall–Kier alpha value is -1.95. The van der Waals surface area contributed by atoms with E-state index in [1.165, 1.54) is 17.8 Å². The van der Waals surface area contributed by atoms with E-state index in [1.54, 1.807) is 6.07 Å². The van der Waals surface area contributed by atoms with E-state index >= 15 is 0 Å². The minimum atomic E-state index is -0.789. The summed E-state index contributed by atoms with van der Waals surface area (Å²) < 4.78 is 28.5. The van der Waals surface area contributed by atoms with Crippen molar-refractivity contribution in [1.29, 1.82) is 0 Å². The van der Waals surface area contributed by atoms with E-state index in [0.29, 0.717) is 6.04 Å². The Morgan fingerprint density at radius 3 is 2.52 bits per heavy atom. The summed E-state index contributed by atoms with van der Waals surface area (Å²) >= 11 is 0. The van der Waals surface area contributed by atoms with E-state index in [4.69, 9.17) is 0 Å². The first-order valence-electron chi connectivity index (χ1n) is 8.97. The first-order valence-corrected chi connectivity index (χ1v) is 8.97. The van der Waals surface area contributed by atoms with Gasteiger partial charge in [0.1, 0.15) is 0 Å². The number of aryl methyl sites for hydroxylation is 3. The van der Waals surface area contributed by atoms with Gasteiger partial charge in [0.2, 0.25) is 0 Å². The monoisotopic (exact) mass is 348 g/mol. The van der Waals surface area contributed by atoms with E-state index in [1.807, 2.05) is 6.92 Å². The molecule has 3 rings (SSSR count). The van der Waals surface area contributed by atoms with Crippen molar-refractivity contribution < 1.29 is 8.78 Å². The Morgan fingerprint density at radius 1 is 1.12 bits per heavy atom. The molecular weight excluding hydrogens is 322 g/mol. The highest BCUT2D eigenvalue weighted by atomic mass is 19.2. The Balaban J connectivity index is 1.39. The third kappa shape index (κ3) is 4.57. The molecule has 136 valence electrons. The number of aromatic nitrogens is 2. The van der Waals surface area contributed by atoms with Crippen molar-refractivity contribution in [1.82, 2.24) is 15.1 Å². The summed E-state index contributed by atoms with van der Waals surface area (Å²) in [6, 6.07) is 6.73. The van der Waals surface area contributed by atoms with Gasteiger partial charge in [-0.1, -0.05) is 0 Å². The molecular formula is C19H26F2N4. The first kappa shape index (κ1) is 17.9. The van der Waals surface area contributed by atoms with Crippen LogP contribution < -0.4 is 10.2 Å². The average molecular weight is 348 g/mol. The molecule has 0 saturated carbocycles. The molecule has 0 bridgehead atoms. The minimum absolute atomic E-state index is 0.488. The quantitative estimate of drug-likeness (QED) is 0.812. The zero-order valence-electron chi connectivity index (χ0n) is 14.9. The lowest BCUT2D eigenvalue weighted by Gasteiger charge is -2.34. The maximum atomic E-state index is 13.4. The van der Waals surface area contributed by atoms with Crippen LogP contribution in [-0.2, 0) is 6.54 Å². The molecule has 4 nitrogen and oxygen atoms in total. The number of hydrogen-bond acceptors (Lipinski definition) is 3. The van der Waals surface area contributed by atoms with Gasteiger partial charge in [-0.2, -0.15) is 5.10 Å². The second-order valence-corrected chi connectivity index (χ2v) is 6.82. The third-order valence-electron chi connectivity index (χ3n) is 4.85. The highest BCUT2D eigenvalue weighted by Crippen LogP contribution is 2.22. The SMILES string of the molecule is Cc1cc(C)n(CCCNC2CCN(c3ccc(F)c(F)c3)CC2)n1. The second kappa shape index (κ2) is 7.95. The van der Waals surface area contributed by atoms with Crippen molar-refractivity contribution in [3.8, 4) is 0 Å². The molecule has 6 heteroatoms. The average Bonchev–Trinajstić information content (AvgIpc) is 2.92. The summed E-state index contributed by atoms with van der Waals surface area (Å²) in [6.07, 6.45) is 3.07. The van der Waals surface area contributed by atoms with Gasteiger partial charge in [0.15, 0.2) is 11.6 Å². The number of nitrogens with one attached hydrogen (secondary N) is 1. The van der Waals surface area contributed by atoms with Gasteiger partial charge in [-0.05, 0) is 57.9 Å². The van der Waals surface area contributed by atoms with Crippen molar-refractivity contribution in [3.63, 3.8) is 0 Å². The third-order valence-corrected chi connectivity index (χ3v) is 4.85. The molecule has 0 radical (unpaired) electrons. The van der Waals surface area contributed by atoms with Crippen molar-refractivity contribution in [2.75, 3.05) is 24.5 Å². The van der Waals surface area contributed by atoms with Gasteiger partial charge in [0.25, 0.3) is 0 Å². The molecule has 1 aliphatic heterocycles. The summed E-state index contributed by atoms with van der Waals surface area (Å²) in [4.78, 5) is 2.12. The molecule has 2 aromatic rings. The predicted molar refractivity (Wildman–Crippen MR) is 95.9 cm³/mol. The number of anilines is 1. The predicted octanol–water partition coefficient (Wildman–Crippen LogP) is 3.43. The summed E-state index contributed by atoms with van der Waals surface area (Å²) in [5.41, 5.74) is 3.04. The van der Waals surface area contributed by atoms with Crippen LogP contribution in [-0.4, -0.2) is 35.5 Å². The van der Waals surface area contributed by atoms with Gasteiger partial charge in [-0.15, -0.1) is 0 Å². The fourth-order valence-corrected chi connectivity index (χ4v) is 3.46. The summed E-state index contributed by atoms with van der Waals surface area (Å²) in [5, 5.41) is 8.08. The molecule has 1 aromatic heterocycles. The Morgan fingerprint density at radius 2 is 1.88 bits per heavy atom. The highest BCUT2D eigenvalue weighted by molar-refractivity contribution is 5.47. The van der Waals surface area contributed by atoms with Crippen LogP contribution in [0.15, 0.2) is 24.3 Å². The number of nitrogens with zero attached hydrogens (tertiary/aromatic N) is 3. The molecule has 0 amide bonds. The maximum absolute atomic E-state index is 13.4. The fourth-order valence-electron chi connectivity index (χ4n) is 3.46. The van der Waals surface area contributed by atoms with E-state index in [0.717, 1.165) is 56.8 Å². The number of rotatable bonds is 6. The Kier molecular flexibility index (Phi) is 5.68. The molecule has 1 N–H and O–H groups in total. The largest absolute Gasteiger partial charge is 0.371 e. The molecule has 1 aromatic carbocycles. The first-order chi connectivity index (χ1) is 12.0. The van der Waals surface area contributed by atoms with E-state index < -0.39 is 11.6 Å². The molecule has 1 fully saturated rings. The Labute approximate surface area is 147 Å². The fraction of sp³-hybridized carbons (Fsp3) is 0.526. The van der Waals surface area contributed by atoms with Crippen molar-refractivity contribution in [2.45, 2.75) is 45.7 Å².